The largest absolute Gasteiger partial charge is 0.326 e. The Hall–Kier alpha value is 1.34. The Morgan fingerprint density at radius 1 is 1.00 bits per heavy atom. The third kappa shape index (κ3) is 4.27. The Morgan fingerprint density at radius 3 is 1.80 bits per heavy atom. The first-order chi connectivity index (χ1) is 4.29. The molecule has 55 valence electrons. The fourth-order valence-corrected chi connectivity index (χ4v) is 1.89. The van der Waals surface area contributed by atoms with Crippen molar-refractivity contribution < 1.29 is 22.5 Å². The van der Waals surface area contributed by atoms with Gasteiger partial charge in [-0.25, -0.2) is 4.31 Å². The van der Waals surface area contributed by atoms with Gasteiger partial charge < -0.3 is 9.05 Å². The molecule has 8 heteroatoms. The zero-order valence-electron chi connectivity index (χ0n) is 5.46. The van der Waals surface area contributed by atoms with Crippen molar-refractivity contribution in [1.82, 2.24) is 0 Å². The summed E-state index contributed by atoms with van der Waals surface area (Å²) in [4.78, 5) is 0. The van der Waals surface area contributed by atoms with E-state index in [4.69, 9.17) is 0 Å². The van der Waals surface area contributed by atoms with E-state index in [0.717, 1.165) is 0 Å². The van der Waals surface area contributed by atoms with Crippen LogP contribution in [0.15, 0.2) is 0 Å². The summed E-state index contributed by atoms with van der Waals surface area (Å²) in [6, 6.07) is 0. The molecule has 0 aromatic heterocycles. The van der Waals surface area contributed by atoms with Gasteiger partial charge in [-0.3, -0.25) is 9.13 Å². The fraction of sp³-hybridized carbons (Fsp3) is 1.00. The molecule has 2 atom stereocenters. The second-order valence-corrected chi connectivity index (χ2v) is 3.69. The minimum Gasteiger partial charge on any atom is -0.308 e. The molecule has 0 aromatic carbocycles. The molecule has 0 bridgehead atoms. The summed E-state index contributed by atoms with van der Waals surface area (Å²) in [5.74, 6) is 0. The molecule has 0 spiro atoms. The Labute approximate surface area is 81.6 Å². The summed E-state index contributed by atoms with van der Waals surface area (Å²) < 4.78 is 34.0. The fourth-order valence-electron chi connectivity index (χ4n) is 0.377. The summed E-state index contributed by atoms with van der Waals surface area (Å²) in [6.07, 6.45) is 0. The molecule has 2 unspecified atom stereocenters. The smallest absolute Gasteiger partial charge is 0.308 e. The van der Waals surface area contributed by atoms with Crippen LogP contribution < -0.4 is 0 Å². The van der Waals surface area contributed by atoms with Crippen molar-refractivity contribution in [3.05, 3.63) is 0 Å². The van der Waals surface area contributed by atoms with E-state index in [2.05, 4.69) is 13.4 Å². The Kier molecular flexibility index (Phi) is 6.72. The first-order valence-corrected chi connectivity index (χ1v) is 4.75. The van der Waals surface area contributed by atoms with Crippen LogP contribution in [0.5, 0.6) is 0 Å². The van der Waals surface area contributed by atoms with Gasteiger partial charge in [-0.05, 0) is 0 Å². The summed E-state index contributed by atoms with van der Waals surface area (Å²) >= 11 is 0. The van der Waals surface area contributed by atoms with E-state index in [1.165, 1.54) is 0 Å². The number of rotatable bonds is 0. The zero-order valence-corrected chi connectivity index (χ0v) is 9.46. The molecule has 1 aliphatic heterocycles. The second kappa shape index (κ2) is 5.92. The van der Waals surface area contributed by atoms with Crippen LogP contribution >= 0.6 is 16.5 Å². The normalized spacial score (nSPS) is 34.0. The molecule has 1 saturated heterocycles. The molecule has 10 heavy (non-hydrogen) atoms. The van der Waals surface area contributed by atoms with E-state index >= 15 is 0 Å². The monoisotopic (exact) mass is 195 g/mol. The standard InChI is InChI=1S/C2H6O5P2.Na/c3-8-5-1-2-6-9(4)7-8;/h8-9H,1-2H2;. The van der Waals surface area contributed by atoms with E-state index in [0.29, 0.717) is 0 Å². The minimum atomic E-state index is -2.52. The zero-order chi connectivity index (χ0) is 6.69. The average molecular weight is 195 g/mol. The molecule has 1 aliphatic rings. The van der Waals surface area contributed by atoms with Gasteiger partial charge in [-0.2, -0.15) is 0 Å². The third-order valence-electron chi connectivity index (χ3n) is 0.690. The summed E-state index contributed by atoms with van der Waals surface area (Å²) in [5.41, 5.74) is 0. The van der Waals surface area contributed by atoms with E-state index < -0.39 is 16.5 Å². The molecular weight excluding hydrogens is 189 g/mol. The number of hydrogen-bond donors (Lipinski definition) is 0. The molecule has 1 rings (SSSR count). The molecule has 0 N–H and O–H groups in total. The van der Waals surface area contributed by atoms with Crippen LogP contribution in [0.1, 0.15) is 0 Å². The number of hydrogen-bond acceptors (Lipinski definition) is 5. The molecule has 0 aromatic rings. The molecule has 1 heterocycles. The van der Waals surface area contributed by atoms with Crippen LogP contribution in [-0.2, 0) is 22.5 Å². The van der Waals surface area contributed by atoms with Crippen LogP contribution in [0, 0.1) is 0 Å². The maximum atomic E-state index is 10.4. The molecule has 0 amide bonds. The second-order valence-electron chi connectivity index (χ2n) is 1.30. The Morgan fingerprint density at radius 2 is 1.40 bits per heavy atom. The van der Waals surface area contributed by atoms with Gasteiger partial charge in [-0.15, -0.1) is 0 Å². The summed E-state index contributed by atoms with van der Waals surface area (Å²) in [6.45, 7) is 0.377. The van der Waals surface area contributed by atoms with E-state index in [1.54, 1.807) is 0 Å². The third-order valence-corrected chi connectivity index (χ3v) is 2.90. The molecular formula is C2H6NaO5P2. The quantitative estimate of drug-likeness (QED) is 0.414. The maximum absolute atomic E-state index is 10.4. The van der Waals surface area contributed by atoms with Gasteiger partial charge in [-0.1, -0.05) is 0 Å². The molecule has 0 aliphatic carbocycles. The van der Waals surface area contributed by atoms with Gasteiger partial charge in [0.2, 0.25) is 0 Å². The summed E-state index contributed by atoms with van der Waals surface area (Å²) in [5, 5.41) is 0. The van der Waals surface area contributed by atoms with Crippen LogP contribution in [0.4, 0.5) is 0 Å². The van der Waals surface area contributed by atoms with Gasteiger partial charge in [0.05, 0.1) is 13.2 Å². The van der Waals surface area contributed by atoms with Crippen molar-refractivity contribution in [2.75, 3.05) is 13.2 Å². The first-order valence-electron chi connectivity index (χ1n) is 2.30. The van der Waals surface area contributed by atoms with Crippen molar-refractivity contribution in [2.45, 2.75) is 0 Å². The van der Waals surface area contributed by atoms with Crippen molar-refractivity contribution in [3.63, 3.8) is 0 Å². The van der Waals surface area contributed by atoms with Crippen molar-refractivity contribution in [3.8, 4) is 0 Å². The van der Waals surface area contributed by atoms with Gasteiger partial charge in [0.15, 0.2) is 0 Å². The van der Waals surface area contributed by atoms with Gasteiger partial charge in [0.1, 0.15) is 0 Å². The Balaban J connectivity index is 0.000000810. The maximum Gasteiger partial charge on any atom is 0.326 e. The van der Waals surface area contributed by atoms with Gasteiger partial charge in [0, 0.05) is 29.6 Å². The average Bonchev–Trinajstić information content (AvgIpc) is 1.93. The topological polar surface area (TPSA) is 61.8 Å². The predicted octanol–water partition coefficient (Wildman–Crippen LogP) is 0.448. The first kappa shape index (κ1) is 11.3. The molecule has 1 fully saturated rings. The molecule has 1 radical (unpaired) electrons. The van der Waals surface area contributed by atoms with Crippen molar-refractivity contribution >= 4 is 46.1 Å². The Bertz CT molecular complexity index is 133. The van der Waals surface area contributed by atoms with Gasteiger partial charge >= 0.3 is 16.5 Å². The SMILES string of the molecule is O=[PH]1OCCO[PH](=O)O1.[Na]. The summed E-state index contributed by atoms with van der Waals surface area (Å²) in [7, 11) is -5.04. The van der Waals surface area contributed by atoms with Crippen LogP contribution in [-0.4, -0.2) is 42.8 Å². The van der Waals surface area contributed by atoms with Crippen LogP contribution in [0.25, 0.3) is 0 Å². The molecule has 5 nitrogen and oxygen atoms in total. The predicted molar refractivity (Wildman–Crippen MR) is 36.7 cm³/mol. The van der Waals surface area contributed by atoms with E-state index in [-0.39, 0.29) is 42.8 Å². The van der Waals surface area contributed by atoms with Crippen LogP contribution in [0.2, 0.25) is 0 Å². The van der Waals surface area contributed by atoms with Crippen molar-refractivity contribution in [1.29, 1.82) is 0 Å². The minimum absolute atomic E-state index is 0. The van der Waals surface area contributed by atoms with E-state index in [9.17, 15) is 9.13 Å². The van der Waals surface area contributed by atoms with Crippen LogP contribution in [0.3, 0.4) is 0 Å². The van der Waals surface area contributed by atoms with Crippen molar-refractivity contribution in [2.24, 2.45) is 0 Å². The van der Waals surface area contributed by atoms with Gasteiger partial charge in [0.25, 0.3) is 0 Å². The van der Waals surface area contributed by atoms with E-state index in [1.807, 2.05) is 0 Å². The molecule has 0 saturated carbocycles.